The van der Waals surface area contributed by atoms with Crippen molar-refractivity contribution in [3.8, 4) is 21.0 Å². The number of amides is 3. The van der Waals surface area contributed by atoms with Gasteiger partial charge in [-0.3, -0.25) is 19.4 Å². The minimum absolute atomic E-state index is 0.0507. The summed E-state index contributed by atoms with van der Waals surface area (Å²) in [5.41, 5.74) is 5.14. The molecule has 1 saturated heterocycles. The van der Waals surface area contributed by atoms with E-state index < -0.39 is 0 Å². The summed E-state index contributed by atoms with van der Waals surface area (Å²) < 4.78 is 0. The standard InChI is InChI=1S/C40H38N8O3S2/c1-25-6-11-29(43-37(49)28-21-30(24-41-23-28)44-38(50)36-13-12-35(53-36)34-5-4-20-52-34)22-33(25)46-40-42-17-14-32(45-40)26-7-9-27(10-8-26)39(51)48-18-15-31(16-19-48)47(2)3/h4-14,17,20-24,31H,15-16,18-19H2,1-3H3,(H,43,49)(H,44,50)(H,42,45,46). The van der Waals surface area contributed by atoms with Gasteiger partial charge >= 0.3 is 0 Å². The topological polar surface area (TPSA) is 132 Å². The second-order valence-electron chi connectivity index (χ2n) is 13.0. The molecule has 3 amide bonds. The number of nitrogens with zero attached hydrogens (tertiary/aromatic N) is 5. The number of aromatic nitrogens is 3. The van der Waals surface area contributed by atoms with Crippen LogP contribution >= 0.6 is 22.7 Å². The van der Waals surface area contributed by atoms with Crippen molar-refractivity contribution in [1.82, 2.24) is 24.8 Å². The number of aryl methyl sites for hydroxylation is 1. The van der Waals surface area contributed by atoms with Crippen LogP contribution in [0.5, 0.6) is 0 Å². The van der Waals surface area contributed by atoms with Crippen LogP contribution < -0.4 is 16.0 Å². The summed E-state index contributed by atoms with van der Waals surface area (Å²) in [7, 11) is 4.18. The van der Waals surface area contributed by atoms with E-state index in [0.29, 0.717) is 45.1 Å². The molecule has 13 heteroatoms. The van der Waals surface area contributed by atoms with E-state index in [1.54, 1.807) is 29.7 Å². The van der Waals surface area contributed by atoms with Crippen molar-refractivity contribution < 1.29 is 14.4 Å². The van der Waals surface area contributed by atoms with Gasteiger partial charge in [-0.1, -0.05) is 24.3 Å². The quantitative estimate of drug-likeness (QED) is 0.129. The van der Waals surface area contributed by atoms with Crippen LogP contribution in [0.2, 0.25) is 0 Å². The van der Waals surface area contributed by atoms with Crippen molar-refractivity contribution in [2.45, 2.75) is 25.8 Å². The summed E-state index contributed by atoms with van der Waals surface area (Å²) in [6, 6.07) is 24.7. The molecule has 1 fully saturated rings. The summed E-state index contributed by atoms with van der Waals surface area (Å²) in [5.74, 6) is -0.206. The highest BCUT2D eigenvalue weighted by Gasteiger charge is 2.24. The van der Waals surface area contributed by atoms with Crippen molar-refractivity contribution >= 4 is 63.4 Å². The SMILES string of the molecule is Cc1ccc(NC(=O)c2cncc(NC(=O)c3ccc(-c4cccs4)s3)c2)cc1Nc1nccc(-c2ccc(C(=O)N3CCC(N(C)C)CC3)cc2)n1. The Labute approximate surface area is 315 Å². The van der Waals surface area contributed by atoms with Crippen molar-refractivity contribution in [3.05, 3.63) is 124 Å². The van der Waals surface area contributed by atoms with Crippen LogP contribution in [0.15, 0.2) is 103 Å². The van der Waals surface area contributed by atoms with Gasteiger partial charge in [0, 0.05) is 63.8 Å². The summed E-state index contributed by atoms with van der Waals surface area (Å²) in [4.78, 5) is 59.6. The number of carbonyl (C=O) groups excluding carboxylic acids is 3. The van der Waals surface area contributed by atoms with Gasteiger partial charge in [-0.2, -0.15) is 0 Å². The molecule has 0 bridgehead atoms. The zero-order valence-electron chi connectivity index (χ0n) is 29.5. The second-order valence-corrected chi connectivity index (χ2v) is 15.0. The molecular weight excluding hydrogens is 705 g/mol. The van der Waals surface area contributed by atoms with Gasteiger partial charge in [0.1, 0.15) is 0 Å². The average molecular weight is 743 g/mol. The van der Waals surface area contributed by atoms with E-state index in [4.69, 9.17) is 4.98 Å². The Bertz CT molecular complexity index is 2240. The van der Waals surface area contributed by atoms with E-state index in [2.05, 4.69) is 44.9 Å². The third-order valence-corrected chi connectivity index (χ3v) is 11.3. The molecule has 3 N–H and O–H groups in total. The maximum absolute atomic E-state index is 13.3. The van der Waals surface area contributed by atoms with E-state index in [9.17, 15) is 14.4 Å². The molecule has 0 aliphatic carbocycles. The van der Waals surface area contributed by atoms with E-state index in [-0.39, 0.29) is 17.7 Å². The van der Waals surface area contributed by atoms with E-state index in [1.807, 2.05) is 83.9 Å². The van der Waals surface area contributed by atoms with Gasteiger partial charge in [0.2, 0.25) is 5.95 Å². The molecule has 7 rings (SSSR count). The third-order valence-electron chi connectivity index (χ3n) is 9.16. The Morgan fingerprint density at radius 3 is 2.38 bits per heavy atom. The number of hydrogen-bond acceptors (Lipinski definition) is 10. The first-order chi connectivity index (χ1) is 25.7. The second kappa shape index (κ2) is 15.9. The number of benzene rings is 2. The minimum atomic E-state index is -0.377. The maximum Gasteiger partial charge on any atom is 0.265 e. The number of nitrogens with one attached hydrogen (secondary N) is 3. The zero-order chi connectivity index (χ0) is 36.9. The molecule has 268 valence electrons. The lowest BCUT2D eigenvalue weighted by Crippen LogP contribution is -2.44. The van der Waals surface area contributed by atoms with Crippen LogP contribution in [0.4, 0.5) is 23.0 Å². The third kappa shape index (κ3) is 8.49. The fourth-order valence-electron chi connectivity index (χ4n) is 6.13. The van der Waals surface area contributed by atoms with Crippen LogP contribution in [0, 0.1) is 6.92 Å². The molecule has 6 aromatic rings. The van der Waals surface area contributed by atoms with Crippen molar-refractivity contribution in [2.24, 2.45) is 0 Å². The van der Waals surface area contributed by atoms with Gasteiger partial charge in [-0.15, -0.1) is 22.7 Å². The molecule has 0 radical (unpaired) electrons. The molecule has 5 heterocycles. The number of piperidine rings is 1. The highest BCUT2D eigenvalue weighted by atomic mass is 32.1. The lowest BCUT2D eigenvalue weighted by atomic mass is 10.0. The number of pyridine rings is 1. The first kappa shape index (κ1) is 35.6. The van der Waals surface area contributed by atoms with E-state index in [1.165, 1.54) is 23.7 Å². The first-order valence-corrected chi connectivity index (χ1v) is 18.9. The molecule has 1 aliphatic heterocycles. The van der Waals surface area contributed by atoms with Crippen LogP contribution in [-0.4, -0.2) is 75.7 Å². The Morgan fingerprint density at radius 1 is 0.830 bits per heavy atom. The molecule has 0 unspecified atom stereocenters. The molecule has 0 atom stereocenters. The van der Waals surface area contributed by atoms with Crippen molar-refractivity contribution in [2.75, 3.05) is 43.1 Å². The number of hydrogen-bond donors (Lipinski definition) is 3. The Kier molecular flexibility index (Phi) is 10.7. The normalized spacial score (nSPS) is 13.2. The summed E-state index contributed by atoms with van der Waals surface area (Å²) >= 11 is 3.03. The van der Waals surface area contributed by atoms with Crippen molar-refractivity contribution in [3.63, 3.8) is 0 Å². The number of thiophene rings is 2. The summed E-state index contributed by atoms with van der Waals surface area (Å²) in [5, 5.41) is 11.1. The fourth-order valence-corrected chi connectivity index (χ4v) is 7.86. The van der Waals surface area contributed by atoms with Gasteiger partial charge in [-0.05, 0) is 99.4 Å². The predicted octanol–water partition coefficient (Wildman–Crippen LogP) is 8.05. The summed E-state index contributed by atoms with van der Waals surface area (Å²) in [6.45, 7) is 3.46. The smallest absolute Gasteiger partial charge is 0.265 e. The summed E-state index contributed by atoms with van der Waals surface area (Å²) in [6.07, 6.45) is 6.59. The van der Waals surface area contributed by atoms with Gasteiger partial charge in [-0.25, -0.2) is 9.97 Å². The highest BCUT2D eigenvalue weighted by Crippen LogP contribution is 2.32. The molecule has 1 aliphatic rings. The largest absolute Gasteiger partial charge is 0.339 e. The molecule has 0 saturated carbocycles. The Balaban J connectivity index is 0.979. The van der Waals surface area contributed by atoms with Crippen molar-refractivity contribution in [1.29, 1.82) is 0 Å². The molecule has 4 aromatic heterocycles. The number of rotatable bonds is 10. The van der Waals surface area contributed by atoms with Crippen LogP contribution in [0.3, 0.4) is 0 Å². The molecule has 53 heavy (non-hydrogen) atoms. The predicted molar refractivity (Wildman–Crippen MR) is 212 cm³/mol. The molecular formula is C40H38N8O3S2. The van der Waals surface area contributed by atoms with Crippen LogP contribution in [-0.2, 0) is 0 Å². The van der Waals surface area contributed by atoms with E-state index >= 15 is 0 Å². The Morgan fingerprint density at radius 2 is 1.62 bits per heavy atom. The van der Waals surface area contributed by atoms with Gasteiger partial charge in [0.25, 0.3) is 17.7 Å². The first-order valence-electron chi connectivity index (χ1n) is 17.2. The van der Waals surface area contributed by atoms with E-state index in [0.717, 1.165) is 52.5 Å². The number of likely N-dealkylation sites (tertiary alicyclic amines) is 1. The van der Waals surface area contributed by atoms with Gasteiger partial charge in [0.05, 0.1) is 28.0 Å². The lowest BCUT2D eigenvalue weighted by Gasteiger charge is -2.35. The number of carbonyl (C=O) groups is 3. The Hall–Kier alpha value is -5.76. The van der Waals surface area contributed by atoms with Gasteiger partial charge in [0.15, 0.2) is 0 Å². The monoisotopic (exact) mass is 742 g/mol. The average Bonchev–Trinajstić information content (AvgIpc) is 3.90. The van der Waals surface area contributed by atoms with Crippen LogP contribution in [0.1, 0.15) is 48.8 Å². The maximum atomic E-state index is 13.3. The van der Waals surface area contributed by atoms with Crippen LogP contribution in [0.25, 0.3) is 21.0 Å². The fraction of sp³-hybridized carbons (Fsp3) is 0.200. The molecule has 11 nitrogen and oxygen atoms in total. The molecule has 0 spiro atoms. The lowest BCUT2D eigenvalue weighted by molar-refractivity contribution is 0.0663. The molecule has 2 aromatic carbocycles. The zero-order valence-corrected chi connectivity index (χ0v) is 31.1. The highest BCUT2D eigenvalue weighted by molar-refractivity contribution is 7.22. The van der Waals surface area contributed by atoms with Gasteiger partial charge < -0.3 is 25.8 Å². The minimum Gasteiger partial charge on any atom is -0.339 e. The number of anilines is 4.